The minimum absolute atomic E-state index is 0.489. The Morgan fingerprint density at radius 3 is 2.29 bits per heavy atom. The molecule has 2 N–H and O–H groups in total. The first kappa shape index (κ1) is 16.1. The maximum Gasteiger partial charge on any atom is 0.0962 e. The zero-order chi connectivity index (χ0) is 15.4. The van der Waals surface area contributed by atoms with Crippen molar-refractivity contribution in [1.82, 2.24) is 0 Å². The van der Waals surface area contributed by atoms with Crippen LogP contribution in [0.3, 0.4) is 0 Å². The number of rotatable bonds is 5. The summed E-state index contributed by atoms with van der Waals surface area (Å²) in [6.07, 6.45) is -0.515. The Balaban J connectivity index is 2.01. The molecule has 112 valence electrons. The number of hydrogen-bond acceptors (Lipinski definition) is 2. The summed E-state index contributed by atoms with van der Waals surface area (Å²) in [5, 5.41) is 13.6. The second-order valence-electron chi connectivity index (χ2n) is 5.70. The second-order valence-corrected chi connectivity index (χ2v) is 6.56. The molecule has 2 rings (SSSR count). The molecule has 0 amide bonds. The second kappa shape index (κ2) is 7.10. The van der Waals surface area contributed by atoms with E-state index in [9.17, 15) is 5.11 Å². The third kappa shape index (κ3) is 4.32. The monoisotopic (exact) mass is 347 g/mol. The molecule has 0 aliphatic carbocycles. The van der Waals surface area contributed by atoms with Gasteiger partial charge in [-0.3, -0.25) is 0 Å². The summed E-state index contributed by atoms with van der Waals surface area (Å²) in [4.78, 5) is 0. The number of aliphatic hydroxyl groups is 1. The molecule has 0 aliphatic heterocycles. The Kier molecular flexibility index (Phi) is 5.43. The number of hydrogen-bond donors (Lipinski definition) is 2. The third-order valence-corrected chi connectivity index (χ3v) is 4.29. The predicted octanol–water partition coefficient (Wildman–Crippen LogP) is 5.03. The van der Waals surface area contributed by atoms with Crippen molar-refractivity contribution >= 4 is 21.6 Å². The van der Waals surface area contributed by atoms with E-state index in [-0.39, 0.29) is 0 Å². The lowest BCUT2D eigenvalue weighted by Gasteiger charge is -2.15. The molecule has 21 heavy (non-hydrogen) atoms. The van der Waals surface area contributed by atoms with Gasteiger partial charge in [0.2, 0.25) is 0 Å². The molecule has 0 bridgehead atoms. The zero-order valence-electron chi connectivity index (χ0n) is 12.7. The van der Waals surface area contributed by atoms with Crippen LogP contribution < -0.4 is 5.32 Å². The number of aliphatic hydroxyl groups excluding tert-OH is 1. The molecule has 3 heteroatoms. The van der Waals surface area contributed by atoms with Crippen LogP contribution >= 0.6 is 15.9 Å². The first-order valence-corrected chi connectivity index (χ1v) is 8.04. The largest absolute Gasteiger partial charge is 0.387 e. The smallest absolute Gasteiger partial charge is 0.0962 e. The van der Waals surface area contributed by atoms with Crippen molar-refractivity contribution in [2.45, 2.75) is 32.8 Å². The lowest BCUT2D eigenvalue weighted by molar-refractivity contribution is 0.191. The summed E-state index contributed by atoms with van der Waals surface area (Å²) < 4.78 is 1.01. The molecule has 0 aromatic heterocycles. The van der Waals surface area contributed by atoms with Crippen LogP contribution in [0.2, 0.25) is 0 Å². The van der Waals surface area contributed by atoms with E-state index in [1.807, 2.05) is 18.2 Å². The fraction of sp³-hybridized carbons (Fsp3) is 0.333. The van der Waals surface area contributed by atoms with Gasteiger partial charge in [0, 0.05) is 16.7 Å². The predicted molar refractivity (Wildman–Crippen MR) is 92.9 cm³/mol. The van der Waals surface area contributed by atoms with Gasteiger partial charge in [-0.25, -0.2) is 0 Å². The molecule has 0 radical (unpaired) electrons. The molecule has 2 aromatic carbocycles. The molecule has 0 saturated heterocycles. The summed E-state index contributed by atoms with van der Waals surface area (Å²) in [6.45, 7) is 6.88. The topological polar surface area (TPSA) is 32.3 Å². The van der Waals surface area contributed by atoms with Gasteiger partial charge >= 0.3 is 0 Å². The van der Waals surface area contributed by atoms with Gasteiger partial charge in [-0.15, -0.1) is 0 Å². The van der Waals surface area contributed by atoms with Crippen LogP contribution in [-0.2, 0) is 0 Å². The molecule has 0 fully saturated rings. The van der Waals surface area contributed by atoms with E-state index >= 15 is 0 Å². The van der Waals surface area contributed by atoms with E-state index in [0.29, 0.717) is 12.5 Å². The minimum atomic E-state index is -0.515. The summed E-state index contributed by atoms with van der Waals surface area (Å²) in [6, 6.07) is 14.3. The molecule has 2 nitrogen and oxygen atoms in total. The standard InChI is InChI=1S/C18H22BrNO/c1-12(2)14-5-7-15(8-6-14)18(21)11-20-17-10-13(3)4-9-16(17)19/h4-10,12,18,20-21H,11H2,1-3H3. The molecule has 0 heterocycles. The van der Waals surface area contributed by atoms with E-state index in [1.165, 1.54) is 11.1 Å². The molecule has 0 spiro atoms. The third-order valence-electron chi connectivity index (χ3n) is 3.60. The fourth-order valence-corrected chi connectivity index (χ4v) is 2.59. The van der Waals surface area contributed by atoms with Crippen LogP contribution in [0, 0.1) is 6.92 Å². The first-order valence-electron chi connectivity index (χ1n) is 7.25. The van der Waals surface area contributed by atoms with E-state index in [0.717, 1.165) is 15.7 Å². The Morgan fingerprint density at radius 2 is 1.67 bits per heavy atom. The number of benzene rings is 2. The molecule has 0 saturated carbocycles. The van der Waals surface area contributed by atoms with Crippen LogP contribution in [0.1, 0.15) is 42.6 Å². The van der Waals surface area contributed by atoms with Crippen LogP contribution in [-0.4, -0.2) is 11.7 Å². The Hall–Kier alpha value is -1.32. The number of halogens is 1. The van der Waals surface area contributed by atoms with Crippen molar-refractivity contribution in [2.24, 2.45) is 0 Å². The molecular weight excluding hydrogens is 326 g/mol. The van der Waals surface area contributed by atoms with Gasteiger partial charge in [0.1, 0.15) is 0 Å². The highest BCUT2D eigenvalue weighted by Crippen LogP contribution is 2.25. The summed E-state index contributed by atoms with van der Waals surface area (Å²) in [5.41, 5.74) is 4.43. The Labute approximate surface area is 135 Å². The van der Waals surface area contributed by atoms with Crippen molar-refractivity contribution in [3.8, 4) is 0 Å². The number of anilines is 1. The van der Waals surface area contributed by atoms with E-state index in [4.69, 9.17) is 0 Å². The quantitative estimate of drug-likeness (QED) is 0.795. The highest BCUT2D eigenvalue weighted by molar-refractivity contribution is 9.10. The van der Waals surface area contributed by atoms with E-state index in [2.05, 4.69) is 66.3 Å². The summed E-state index contributed by atoms with van der Waals surface area (Å²) in [7, 11) is 0. The Bertz CT molecular complexity index is 593. The molecule has 0 aliphatic rings. The van der Waals surface area contributed by atoms with Crippen LogP contribution in [0.25, 0.3) is 0 Å². The van der Waals surface area contributed by atoms with Gasteiger partial charge in [0.05, 0.1) is 6.10 Å². The Morgan fingerprint density at radius 1 is 1.05 bits per heavy atom. The van der Waals surface area contributed by atoms with Gasteiger partial charge in [0.15, 0.2) is 0 Å². The van der Waals surface area contributed by atoms with Crippen molar-refractivity contribution in [3.05, 3.63) is 63.6 Å². The lowest BCUT2D eigenvalue weighted by Crippen LogP contribution is -2.12. The normalized spacial score (nSPS) is 12.5. The number of nitrogens with one attached hydrogen (secondary N) is 1. The average Bonchev–Trinajstić information content (AvgIpc) is 2.48. The average molecular weight is 348 g/mol. The van der Waals surface area contributed by atoms with E-state index < -0.39 is 6.10 Å². The molecule has 1 unspecified atom stereocenters. The highest BCUT2D eigenvalue weighted by Gasteiger charge is 2.09. The van der Waals surface area contributed by atoms with Crippen molar-refractivity contribution in [3.63, 3.8) is 0 Å². The van der Waals surface area contributed by atoms with Gasteiger partial charge in [-0.05, 0) is 57.6 Å². The van der Waals surface area contributed by atoms with Crippen molar-refractivity contribution in [2.75, 3.05) is 11.9 Å². The van der Waals surface area contributed by atoms with Crippen molar-refractivity contribution < 1.29 is 5.11 Å². The number of aryl methyl sites for hydroxylation is 1. The lowest BCUT2D eigenvalue weighted by atomic mass is 10.00. The molecular formula is C18H22BrNO. The first-order chi connectivity index (χ1) is 9.97. The van der Waals surface area contributed by atoms with Crippen LogP contribution in [0.4, 0.5) is 5.69 Å². The molecule has 2 aromatic rings. The van der Waals surface area contributed by atoms with Crippen LogP contribution in [0.5, 0.6) is 0 Å². The maximum absolute atomic E-state index is 10.3. The van der Waals surface area contributed by atoms with Crippen molar-refractivity contribution in [1.29, 1.82) is 0 Å². The SMILES string of the molecule is Cc1ccc(Br)c(NCC(O)c2ccc(C(C)C)cc2)c1. The van der Waals surface area contributed by atoms with E-state index in [1.54, 1.807) is 0 Å². The van der Waals surface area contributed by atoms with Gasteiger partial charge in [-0.1, -0.05) is 44.2 Å². The minimum Gasteiger partial charge on any atom is -0.387 e. The van der Waals surface area contributed by atoms with Gasteiger partial charge in [0.25, 0.3) is 0 Å². The maximum atomic E-state index is 10.3. The van der Waals surface area contributed by atoms with Gasteiger partial charge < -0.3 is 10.4 Å². The summed E-state index contributed by atoms with van der Waals surface area (Å²) >= 11 is 3.52. The van der Waals surface area contributed by atoms with Crippen LogP contribution in [0.15, 0.2) is 46.9 Å². The molecule has 1 atom stereocenters. The van der Waals surface area contributed by atoms with Gasteiger partial charge in [-0.2, -0.15) is 0 Å². The fourth-order valence-electron chi connectivity index (χ4n) is 2.20. The zero-order valence-corrected chi connectivity index (χ0v) is 14.3. The summed E-state index contributed by atoms with van der Waals surface area (Å²) in [5.74, 6) is 0.512. The highest BCUT2D eigenvalue weighted by atomic mass is 79.9.